The lowest BCUT2D eigenvalue weighted by Gasteiger charge is -2.21. The van der Waals surface area contributed by atoms with Gasteiger partial charge in [-0.3, -0.25) is 9.59 Å². The Hall–Kier alpha value is -3.10. The van der Waals surface area contributed by atoms with Gasteiger partial charge < -0.3 is 15.5 Å². The molecule has 0 unspecified atom stereocenters. The van der Waals surface area contributed by atoms with Crippen molar-refractivity contribution in [3.8, 4) is 17.5 Å². The molecule has 0 spiro atoms. The van der Waals surface area contributed by atoms with Crippen LogP contribution in [-0.2, 0) is 9.59 Å². The highest BCUT2D eigenvalue weighted by atomic mass is 35.5. The summed E-state index contributed by atoms with van der Waals surface area (Å²) < 4.78 is 1.53. The van der Waals surface area contributed by atoms with Crippen molar-refractivity contribution in [3.63, 3.8) is 0 Å². The summed E-state index contributed by atoms with van der Waals surface area (Å²) in [7, 11) is 3.65. The van der Waals surface area contributed by atoms with Crippen LogP contribution in [0.1, 0.15) is 43.7 Å². The van der Waals surface area contributed by atoms with Crippen LogP contribution in [0.5, 0.6) is 0 Å². The third-order valence-corrected chi connectivity index (χ3v) is 7.23. The number of halogens is 2. The van der Waals surface area contributed by atoms with E-state index in [1.165, 1.54) is 34.8 Å². The first-order chi connectivity index (χ1) is 18.5. The molecule has 9 nitrogen and oxygen atoms in total. The van der Waals surface area contributed by atoms with Gasteiger partial charge in [-0.05, 0) is 93.0 Å². The lowest BCUT2D eigenvalue weighted by molar-refractivity contribution is -0.122. The Labute approximate surface area is 242 Å². The lowest BCUT2D eigenvalue weighted by Crippen LogP contribution is -2.45. The zero-order valence-electron chi connectivity index (χ0n) is 22.1. The summed E-state index contributed by atoms with van der Waals surface area (Å²) >= 11 is 14.1. The summed E-state index contributed by atoms with van der Waals surface area (Å²) in [6.45, 7) is 3.93. The van der Waals surface area contributed by atoms with Gasteiger partial charge in [0.1, 0.15) is 0 Å². The quantitative estimate of drug-likeness (QED) is 0.283. The molecule has 0 saturated heterocycles. The number of carbonyl (C=O) groups excluding carboxylic acids is 2. The van der Waals surface area contributed by atoms with Gasteiger partial charge in [0.2, 0.25) is 17.0 Å². The summed E-state index contributed by atoms with van der Waals surface area (Å²) in [6, 6.07) is 11.0. The highest BCUT2D eigenvalue weighted by Crippen LogP contribution is 2.41. The first kappa shape index (κ1) is 28.9. The van der Waals surface area contributed by atoms with Crippen LogP contribution in [0.25, 0.3) is 5.69 Å². The van der Waals surface area contributed by atoms with Gasteiger partial charge in [-0.2, -0.15) is 4.68 Å². The minimum atomic E-state index is -0.720. The number of aromatic nitrogens is 4. The fourth-order valence-corrected chi connectivity index (χ4v) is 4.91. The fraction of sp³-hybridized carbons (Fsp3) is 0.370. The Balaban J connectivity index is 1.34. The maximum Gasteiger partial charge on any atom is 0.235 e. The zero-order chi connectivity index (χ0) is 28.2. The fourth-order valence-electron chi connectivity index (χ4n) is 3.73. The van der Waals surface area contributed by atoms with Crippen molar-refractivity contribution < 1.29 is 9.59 Å². The molecule has 4 rings (SSSR count). The smallest absolute Gasteiger partial charge is 0.235 e. The third kappa shape index (κ3) is 8.19. The maximum atomic E-state index is 12.7. The molecule has 204 valence electrons. The Morgan fingerprint density at radius 1 is 1.13 bits per heavy atom. The molecular weight excluding hydrogens is 557 g/mol. The molecule has 2 amide bonds. The molecule has 1 aromatic heterocycles. The molecule has 39 heavy (non-hydrogen) atoms. The predicted octanol–water partition coefficient (Wildman–Crippen LogP) is 4.39. The molecule has 3 aromatic rings. The number of nitrogens with one attached hydrogen (secondary N) is 2. The van der Waals surface area contributed by atoms with Gasteiger partial charge in [-0.25, -0.2) is 0 Å². The number of thioether (sulfide) groups is 1. The minimum Gasteiger partial charge on any atom is -0.339 e. The van der Waals surface area contributed by atoms with E-state index < -0.39 is 5.54 Å². The summed E-state index contributed by atoms with van der Waals surface area (Å²) in [5.41, 5.74) is 2.28. The van der Waals surface area contributed by atoms with E-state index in [9.17, 15) is 9.59 Å². The van der Waals surface area contributed by atoms with Crippen LogP contribution in [0.4, 0.5) is 5.69 Å². The Morgan fingerprint density at radius 2 is 1.90 bits per heavy atom. The Kier molecular flexibility index (Phi) is 9.18. The minimum absolute atomic E-state index is 0.0663. The first-order valence-electron chi connectivity index (χ1n) is 12.3. The second kappa shape index (κ2) is 12.4. The van der Waals surface area contributed by atoms with E-state index in [1.807, 2.05) is 46.1 Å². The second-order valence-corrected chi connectivity index (χ2v) is 11.8. The molecule has 1 heterocycles. The number of tetrazole rings is 1. The van der Waals surface area contributed by atoms with E-state index in [4.69, 9.17) is 23.2 Å². The molecule has 0 atom stereocenters. The normalized spacial score (nSPS) is 13.1. The Morgan fingerprint density at radius 3 is 2.56 bits per heavy atom. The topological polar surface area (TPSA) is 105 Å². The molecule has 1 fully saturated rings. The SMILES string of the molecule is CN(C)CC(=O)NC(C)(C)C#Cc1ccc(NC(=O)CSc2nnnn2-c2ccc(C3CC3)cc2Cl)c(Cl)c1. The molecule has 1 saturated carbocycles. The van der Waals surface area contributed by atoms with Crippen molar-refractivity contribution in [3.05, 3.63) is 57.6 Å². The van der Waals surface area contributed by atoms with Crippen molar-refractivity contribution in [2.75, 3.05) is 31.7 Å². The summed E-state index contributed by atoms with van der Waals surface area (Å²) in [6.07, 6.45) is 2.37. The van der Waals surface area contributed by atoms with Crippen LogP contribution in [0.2, 0.25) is 10.0 Å². The van der Waals surface area contributed by atoms with Crippen molar-refractivity contribution in [2.24, 2.45) is 0 Å². The van der Waals surface area contributed by atoms with Crippen molar-refractivity contribution >= 4 is 52.5 Å². The van der Waals surface area contributed by atoms with Gasteiger partial charge in [0.05, 0.1) is 39.3 Å². The van der Waals surface area contributed by atoms with Crippen molar-refractivity contribution in [1.29, 1.82) is 0 Å². The van der Waals surface area contributed by atoms with E-state index in [0.29, 0.717) is 38.1 Å². The predicted molar refractivity (Wildman–Crippen MR) is 155 cm³/mol. The van der Waals surface area contributed by atoms with Crippen LogP contribution in [0.3, 0.4) is 0 Å². The van der Waals surface area contributed by atoms with Gasteiger partial charge in [-0.1, -0.05) is 52.9 Å². The van der Waals surface area contributed by atoms with Gasteiger partial charge in [0.15, 0.2) is 0 Å². The maximum absolute atomic E-state index is 12.7. The molecule has 0 aliphatic heterocycles. The van der Waals surface area contributed by atoms with Crippen LogP contribution in [-0.4, -0.2) is 68.9 Å². The van der Waals surface area contributed by atoms with Crippen molar-refractivity contribution in [1.82, 2.24) is 30.4 Å². The van der Waals surface area contributed by atoms with Crippen LogP contribution < -0.4 is 10.6 Å². The third-order valence-electron chi connectivity index (χ3n) is 5.70. The molecule has 12 heteroatoms. The number of amides is 2. The largest absolute Gasteiger partial charge is 0.339 e. The van der Waals surface area contributed by atoms with Crippen LogP contribution in [0, 0.1) is 11.8 Å². The van der Waals surface area contributed by atoms with Crippen LogP contribution in [0.15, 0.2) is 41.6 Å². The number of anilines is 1. The van der Waals surface area contributed by atoms with E-state index in [2.05, 4.69) is 38.0 Å². The number of rotatable bonds is 9. The average molecular weight is 587 g/mol. The lowest BCUT2D eigenvalue weighted by atomic mass is 10.1. The van der Waals surface area contributed by atoms with Gasteiger partial charge in [0, 0.05) is 5.56 Å². The standard InChI is InChI=1S/C27H29Cl2N7O2S/c1-27(2,31-24(37)15-35(3)4)12-11-17-5-9-22(20(28)13-17)30-25(38)16-39-26-32-33-34-36(26)23-10-8-19(14-21(23)29)18-6-7-18/h5,8-10,13-14,18H,6-7,15-16H2,1-4H3,(H,30,38)(H,31,37). The van der Waals surface area contributed by atoms with E-state index in [0.717, 1.165) is 0 Å². The summed E-state index contributed by atoms with van der Waals surface area (Å²) in [5.74, 6) is 6.36. The van der Waals surface area contributed by atoms with E-state index in [-0.39, 0.29) is 24.1 Å². The second-order valence-electron chi connectivity index (χ2n) is 10.1. The number of hydrogen-bond donors (Lipinski definition) is 2. The highest BCUT2D eigenvalue weighted by molar-refractivity contribution is 7.99. The number of likely N-dealkylation sites (N-methyl/N-ethyl adjacent to an activating group) is 1. The van der Waals surface area contributed by atoms with Gasteiger partial charge in [0.25, 0.3) is 0 Å². The molecule has 1 aliphatic rings. The van der Waals surface area contributed by atoms with Crippen LogP contribution >= 0.6 is 35.0 Å². The summed E-state index contributed by atoms with van der Waals surface area (Å²) in [5, 5.41) is 18.9. The molecule has 0 radical (unpaired) electrons. The van der Waals surface area contributed by atoms with Gasteiger partial charge in [-0.15, -0.1) is 5.10 Å². The van der Waals surface area contributed by atoms with E-state index in [1.54, 1.807) is 23.1 Å². The zero-order valence-corrected chi connectivity index (χ0v) is 24.4. The highest BCUT2D eigenvalue weighted by Gasteiger charge is 2.24. The number of carbonyl (C=O) groups is 2. The molecule has 1 aliphatic carbocycles. The number of nitrogens with zero attached hydrogens (tertiary/aromatic N) is 5. The monoisotopic (exact) mass is 585 g/mol. The molecule has 2 aromatic carbocycles. The number of benzene rings is 2. The molecule has 0 bridgehead atoms. The summed E-state index contributed by atoms with van der Waals surface area (Å²) in [4.78, 5) is 26.5. The average Bonchev–Trinajstić information content (AvgIpc) is 3.60. The van der Waals surface area contributed by atoms with E-state index >= 15 is 0 Å². The Bertz CT molecular complexity index is 1440. The van der Waals surface area contributed by atoms with Gasteiger partial charge >= 0.3 is 0 Å². The van der Waals surface area contributed by atoms with Crippen molar-refractivity contribution in [2.45, 2.75) is 43.3 Å². The molecular formula is C27H29Cl2N7O2S. The number of hydrogen-bond acceptors (Lipinski definition) is 7. The first-order valence-corrected chi connectivity index (χ1v) is 14.0. The molecule has 2 N–H and O–H groups in total.